The molecule has 0 fully saturated rings. The average molecular weight is 425 g/mol. The van der Waals surface area contributed by atoms with E-state index in [1.165, 1.54) is 27.2 Å². The summed E-state index contributed by atoms with van der Waals surface area (Å²) in [5.41, 5.74) is 0.830. The Balaban J connectivity index is 1.51. The van der Waals surface area contributed by atoms with Gasteiger partial charge in [-0.05, 0) is 42.5 Å². The number of aromatic nitrogens is 4. The molecule has 1 amide bonds. The van der Waals surface area contributed by atoms with E-state index in [1.807, 2.05) is 0 Å². The fraction of sp³-hybridized carbons (Fsp3) is 0.100. The molecule has 4 aromatic rings. The van der Waals surface area contributed by atoms with Crippen LogP contribution in [0.5, 0.6) is 5.75 Å². The van der Waals surface area contributed by atoms with Gasteiger partial charge in [-0.25, -0.2) is 4.39 Å². The van der Waals surface area contributed by atoms with Gasteiger partial charge >= 0.3 is 5.56 Å². The van der Waals surface area contributed by atoms with Crippen molar-refractivity contribution in [3.8, 4) is 11.4 Å². The van der Waals surface area contributed by atoms with Gasteiger partial charge in [0, 0.05) is 23.8 Å². The smallest absolute Gasteiger partial charge is 0.300 e. The van der Waals surface area contributed by atoms with Crippen LogP contribution in [0.15, 0.2) is 70.9 Å². The first-order valence-corrected chi connectivity index (χ1v) is 9.83. The topological polar surface area (TPSA) is 90.5 Å². The molecule has 0 radical (unpaired) electrons. The maximum atomic E-state index is 13.2. The fourth-order valence-corrected chi connectivity index (χ4v) is 3.52. The largest absolute Gasteiger partial charge is 0.497 e. The lowest BCUT2D eigenvalue weighted by Crippen LogP contribution is -2.20. The molecule has 8 nitrogen and oxygen atoms in total. The first kappa shape index (κ1) is 19.6. The SMILES string of the molecule is COc1ccc(-n2ccn3c(SCC(=O)Nc4cccc(F)c4)nnc3c2=O)cc1. The van der Waals surface area contributed by atoms with Crippen LogP contribution in [0.2, 0.25) is 0 Å². The molecule has 10 heteroatoms. The molecule has 0 atom stereocenters. The molecule has 0 spiro atoms. The number of ether oxygens (including phenoxy) is 1. The normalized spacial score (nSPS) is 10.9. The zero-order valence-electron chi connectivity index (χ0n) is 15.8. The monoisotopic (exact) mass is 425 g/mol. The van der Waals surface area contributed by atoms with Crippen LogP contribution in [0.4, 0.5) is 10.1 Å². The zero-order valence-corrected chi connectivity index (χ0v) is 16.6. The standard InChI is InChI=1S/C20H16FN5O3S/c1-29-16-7-5-15(6-8-16)25-9-10-26-18(19(25)28)23-24-20(26)30-12-17(27)22-14-4-2-3-13(21)11-14/h2-11H,12H2,1H3,(H,22,27). The highest BCUT2D eigenvalue weighted by Crippen LogP contribution is 2.18. The lowest BCUT2D eigenvalue weighted by Gasteiger charge is -2.07. The van der Waals surface area contributed by atoms with Crippen molar-refractivity contribution in [3.63, 3.8) is 0 Å². The third-order valence-corrected chi connectivity index (χ3v) is 5.17. The molecule has 2 aromatic heterocycles. The maximum Gasteiger partial charge on any atom is 0.300 e. The highest BCUT2D eigenvalue weighted by molar-refractivity contribution is 7.99. The highest BCUT2D eigenvalue weighted by Gasteiger charge is 2.14. The van der Waals surface area contributed by atoms with Gasteiger partial charge in [0.05, 0.1) is 12.9 Å². The number of hydrogen-bond donors (Lipinski definition) is 1. The van der Waals surface area contributed by atoms with E-state index in [9.17, 15) is 14.0 Å². The summed E-state index contributed by atoms with van der Waals surface area (Å²) >= 11 is 1.12. The number of carbonyl (C=O) groups is 1. The summed E-state index contributed by atoms with van der Waals surface area (Å²) in [5, 5.41) is 11.0. The Morgan fingerprint density at radius 2 is 1.97 bits per heavy atom. The third kappa shape index (κ3) is 4.03. The number of hydrogen-bond acceptors (Lipinski definition) is 6. The van der Waals surface area contributed by atoms with E-state index in [0.717, 1.165) is 11.8 Å². The Morgan fingerprint density at radius 1 is 1.17 bits per heavy atom. The van der Waals surface area contributed by atoms with Crippen molar-refractivity contribution in [2.75, 3.05) is 18.2 Å². The molecule has 2 aromatic carbocycles. The quantitative estimate of drug-likeness (QED) is 0.478. The molecule has 1 N–H and O–H groups in total. The zero-order chi connectivity index (χ0) is 21.1. The lowest BCUT2D eigenvalue weighted by molar-refractivity contribution is -0.113. The highest BCUT2D eigenvalue weighted by atomic mass is 32.2. The van der Waals surface area contributed by atoms with E-state index < -0.39 is 5.82 Å². The summed E-state index contributed by atoms with van der Waals surface area (Å²) in [6, 6.07) is 12.7. The number of rotatable bonds is 6. The summed E-state index contributed by atoms with van der Waals surface area (Å²) < 4.78 is 21.3. The minimum Gasteiger partial charge on any atom is -0.497 e. The number of fused-ring (bicyclic) bond motifs is 1. The fourth-order valence-electron chi connectivity index (χ4n) is 2.80. The van der Waals surface area contributed by atoms with Gasteiger partial charge in [-0.2, -0.15) is 0 Å². The van der Waals surface area contributed by atoms with Crippen LogP contribution in [0, 0.1) is 5.82 Å². The second-order valence-electron chi connectivity index (χ2n) is 6.19. The van der Waals surface area contributed by atoms with E-state index >= 15 is 0 Å². The van der Waals surface area contributed by atoms with Gasteiger partial charge in [-0.3, -0.25) is 18.6 Å². The van der Waals surface area contributed by atoms with Crippen LogP contribution >= 0.6 is 11.8 Å². The van der Waals surface area contributed by atoms with E-state index in [2.05, 4.69) is 15.5 Å². The van der Waals surface area contributed by atoms with Crippen molar-refractivity contribution in [1.29, 1.82) is 0 Å². The number of methoxy groups -OCH3 is 1. The second kappa shape index (κ2) is 8.37. The van der Waals surface area contributed by atoms with Gasteiger partial charge in [0.2, 0.25) is 11.6 Å². The Morgan fingerprint density at radius 3 is 2.70 bits per heavy atom. The Hall–Kier alpha value is -3.66. The Bertz CT molecular complexity index is 1270. The molecule has 0 saturated heterocycles. The molecular weight excluding hydrogens is 409 g/mol. The number of carbonyl (C=O) groups excluding carboxylic acids is 1. The number of thioether (sulfide) groups is 1. The maximum absolute atomic E-state index is 13.2. The van der Waals surface area contributed by atoms with E-state index in [-0.39, 0.29) is 22.9 Å². The van der Waals surface area contributed by atoms with Gasteiger partial charge in [-0.1, -0.05) is 17.8 Å². The average Bonchev–Trinajstić information content (AvgIpc) is 3.17. The van der Waals surface area contributed by atoms with Crippen LogP contribution in [-0.4, -0.2) is 37.9 Å². The van der Waals surface area contributed by atoms with Gasteiger partial charge in [0.15, 0.2) is 5.16 Å². The number of nitrogens with one attached hydrogen (secondary N) is 1. The first-order chi connectivity index (χ1) is 14.5. The van der Waals surface area contributed by atoms with Crippen LogP contribution < -0.4 is 15.6 Å². The van der Waals surface area contributed by atoms with Crippen molar-refractivity contribution in [1.82, 2.24) is 19.2 Å². The first-order valence-electron chi connectivity index (χ1n) is 8.84. The molecule has 0 aliphatic carbocycles. The minimum atomic E-state index is -0.433. The molecule has 152 valence electrons. The lowest BCUT2D eigenvalue weighted by atomic mass is 10.3. The third-order valence-electron chi connectivity index (χ3n) is 4.23. The predicted octanol–water partition coefficient (Wildman–Crippen LogP) is 2.76. The van der Waals surface area contributed by atoms with Crippen LogP contribution in [-0.2, 0) is 4.79 Å². The molecule has 0 bridgehead atoms. The summed E-state index contributed by atoms with van der Waals surface area (Å²) in [6.07, 6.45) is 3.27. The van der Waals surface area contributed by atoms with Crippen molar-refractivity contribution >= 4 is 29.0 Å². The molecule has 2 heterocycles. The molecule has 4 rings (SSSR count). The minimum absolute atomic E-state index is 0.0267. The van der Waals surface area contributed by atoms with Gasteiger partial charge in [0.25, 0.3) is 0 Å². The number of nitrogens with zero attached hydrogens (tertiary/aromatic N) is 4. The van der Waals surface area contributed by atoms with E-state index in [0.29, 0.717) is 22.3 Å². The van der Waals surface area contributed by atoms with Crippen molar-refractivity contribution < 1.29 is 13.9 Å². The number of amides is 1. The molecule has 0 aliphatic heterocycles. The van der Waals surface area contributed by atoms with Gasteiger partial charge in [0.1, 0.15) is 11.6 Å². The van der Waals surface area contributed by atoms with Crippen molar-refractivity contribution in [2.24, 2.45) is 0 Å². The van der Waals surface area contributed by atoms with E-state index in [1.54, 1.807) is 49.8 Å². The van der Waals surface area contributed by atoms with Gasteiger partial charge in [-0.15, -0.1) is 10.2 Å². The summed E-state index contributed by atoms with van der Waals surface area (Å²) in [4.78, 5) is 24.9. The van der Waals surface area contributed by atoms with Crippen LogP contribution in [0.3, 0.4) is 0 Å². The van der Waals surface area contributed by atoms with Gasteiger partial charge < -0.3 is 10.1 Å². The van der Waals surface area contributed by atoms with Crippen molar-refractivity contribution in [2.45, 2.75) is 5.16 Å². The molecular formula is C20H16FN5O3S. The summed E-state index contributed by atoms with van der Waals surface area (Å²) in [7, 11) is 1.57. The summed E-state index contributed by atoms with van der Waals surface area (Å²) in [6.45, 7) is 0. The molecule has 0 saturated carbocycles. The van der Waals surface area contributed by atoms with Crippen LogP contribution in [0.25, 0.3) is 11.3 Å². The molecule has 0 unspecified atom stereocenters. The summed E-state index contributed by atoms with van der Waals surface area (Å²) in [5.74, 6) is -0.0460. The number of anilines is 1. The number of benzene rings is 2. The van der Waals surface area contributed by atoms with Crippen LogP contribution in [0.1, 0.15) is 0 Å². The number of halogens is 1. The van der Waals surface area contributed by atoms with Crippen molar-refractivity contribution in [3.05, 3.63) is 77.1 Å². The predicted molar refractivity (Wildman–Crippen MR) is 111 cm³/mol. The van der Waals surface area contributed by atoms with E-state index in [4.69, 9.17) is 4.74 Å². The Kier molecular flexibility index (Phi) is 5.48. The second-order valence-corrected chi connectivity index (χ2v) is 7.14. The Labute approximate surface area is 174 Å². The molecule has 0 aliphatic rings. The molecule has 30 heavy (non-hydrogen) atoms.